The van der Waals surface area contributed by atoms with Crippen LogP contribution in [0.3, 0.4) is 0 Å². The van der Waals surface area contributed by atoms with Gasteiger partial charge in [-0.3, -0.25) is 14.6 Å². The van der Waals surface area contributed by atoms with Gasteiger partial charge in [0.05, 0.1) is 13.7 Å². The van der Waals surface area contributed by atoms with Gasteiger partial charge >= 0.3 is 5.97 Å². The van der Waals surface area contributed by atoms with E-state index in [4.69, 9.17) is 11.6 Å². The molecule has 1 aromatic rings. The number of Topliss-reactive ketones (excluding diaryl/α,β-unsaturated/α-hetero) is 1. The van der Waals surface area contributed by atoms with E-state index in [1.165, 1.54) is 14.0 Å². The summed E-state index contributed by atoms with van der Waals surface area (Å²) in [6.45, 7) is 1.68. The van der Waals surface area contributed by atoms with Crippen LogP contribution in [0.15, 0.2) is 29.3 Å². The number of carbonyl (C=O) groups excluding carboxylic acids is 2. The zero-order valence-corrected chi connectivity index (χ0v) is 12.4. The molecule has 0 radical (unpaired) electrons. The Bertz CT molecular complexity index is 472. The summed E-state index contributed by atoms with van der Waals surface area (Å²) in [6.07, 6.45) is 2.06. The molecule has 20 heavy (non-hydrogen) atoms. The van der Waals surface area contributed by atoms with E-state index in [2.05, 4.69) is 9.73 Å². The molecule has 0 heterocycles. The molecule has 1 unspecified atom stereocenters. The minimum Gasteiger partial charge on any atom is -0.468 e. The fourth-order valence-electron chi connectivity index (χ4n) is 1.44. The second-order valence-electron chi connectivity index (χ2n) is 4.11. The second-order valence-corrected chi connectivity index (χ2v) is 4.64. The molecular weight excluding hydrogens is 280 g/mol. The molecule has 1 rings (SSSR count). The first-order chi connectivity index (χ1) is 9.02. The highest BCUT2D eigenvalue weighted by atomic mass is 35.5. The van der Waals surface area contributed by atoms with Crippen molar-refractivity contribution in [2.75, 3.05) is 13.7 Å². The van der Waals surface area contributed by atoms with Crippen LogP contribution in [-0.4, -0.2) is 37.0 Å². The standard InChI is InChI=1S/C14H16ClNO3.H3N/c1-10(17)8-16-9-12-5-3-11(4-6-12)7-13(15)14(18)19-2;/h3-6,9,13H,7-8H2,1-2H3;1H3. The van der Waals surface area contributed by atoms with Gasteiger partial charge in [0.25, 0.3) is 0 Å². The van der Waals surface area contributed by atoms with Crippen LogP contribution in [0.1, 0.15) is 18.1 Å². The predicted octanol–water partition coefficient (Wildman–Crippen LogP) is 2.18. The number of nitrogens with zero attached hydrogens (tertiary/aromatic N) is 1. The van der Waals surface area contributed by atoms with Gasteiger partial charge in [-0.1, -0.05) is 24.3 Å². The van der Waals surface area contributed by atoms with Crippen molar-refractivity contribution >= 4 is 29.6 Å². The number of methoxy groups -OCH3 is 1. The van der Waals surface area contributed by atoms with Crippen LogP contribution in [-0.2, 0) is 20.7 Å². The summed E-state index contributed by atoms with van der Waals surface area (Å²) >= 11 is 5.89. The summed E-state index contributed by atoms with van der Waals surface area (Å²) in [7, 11) is 1.31. The number of hydrogen-bond donors (Lipinski definition) is 1. The SMILES string of the molecule is COC(=O)C(Cl)Cc1ccc(C=NCC(C)=O)cc1.N. The van der Waals surface area contributed by atoms with Gasteiger partial charge in [-0.15, -0.1) is 11.6 Å². The van der Waals surface area contributed by atoms with Crippen LogP contribution in [0.4, 0.5) is 0 Å². The van der Waals surface area contributed by atoms with E-state index in [0.717, 1.165) is 11.1 Å². The zero-order chi connectivity index (χ0) is 14.3. The van der Waals surface area contributed by atoms with Crippen molar-refractivity contribution in [3.05, 3.63) is 35.4 Å². The summed E-state index contributed by atoms with van der Waals surface area (Å²) in [4.78, 5) is 25.9. The Kier molecular flexibility index (Phi) is 8.43. The van der Waals surface area contributed by atoms with E-state index in [1.54, 1.807) is 6.21 Å². The summed E-state index contributed by atoms with van der Waals surface area (Å²) in [6, 6.07) is 7.46. The lowest BCUT2D eigenvalue weighted by Gasteiger charge is -2.07. The molecule has 0 fully saturated rings. The van der Waals surface area contributed by atoms with Crippen LogP contribution in [0.25, 0.3) is 0 Å². The number of hydrogen-bond acceptors (Lipinski definition) is 5. The van der Waals surface area contributed by atoms with E-state index < -0.39 is 11.3 Å². The van der Waals surface area contributed by atoms with Crippen LogP contribution >= 0.6 is 11.6 Å². The topological polar surface area (TPSA) is 90.7 Å². The number of carbonyl (C=O) groups is 2. The largest absolute Gasteiger partial charge is 0.468 e. The third kappa shape index (κ3) is 6.45. The third-order valence-corrected chi connectivity index (χ3v) is 2.74. The summed E-state index contributed by atoms with van der Waals surface area (Å²) < 4.78 is 4.56. The van der Waals surface area contributed by atoms with Crippen LogP contribution in [0.5, 0.6) is 0 Å². The monoisotopic (exact) mass is 298 g/mol. The lowest BCUT2D eigenvalue weighted by Crippen LogP contribution is -2.18. The molecule has 1 aromatic carbocycles. The Balaban J connectivity index is 0.00000361. The first-order valence-corrected chi connectivity index (χ1v) is 6.26. The van der Waals surface area contributed by atoms with E-state index >= 15 is 0 Å². The third-order valence-electron chi connectivity index (χ3n) is 2.41. The van der Waals surface area contributed by atoms with Crippen molar-refractivity contribution in [3.8, 4) is 0 Å². The minimum atomic E-state index is -0.678. The average molecular weight is 299 g/mol. The number of benzene rings is 1. The Morgan fingerprint density at radius 2 is 1.95 bits per heavy atom. The number of rotatable bonds is 6. The second kappa shape index (κ2) is 9.23. The highest BCUT2D eigenvalue weighted by Crippen LogP contribution is 2.10. The maximum Gasteiger partial charge on any atom is 0.324 e. The molecule has 0 amide bonds. The Morgan fingerprint density at radius 1 is 1.35 bits per heavy atom. The molecule has 6 heteroatoms. The predicted molar refractivity (Wildman–Crippen MR) is 80.0 cm³/mol. The van der Waals surface area contributed by atoms with E-state index in [1.807, 2.05) is 24.3 Å². The molecule has 110 valence electrons. The molecule has 0 spiro atoms. The lowest BCUT2D eigenvalue weighted by molar-refractivity contribution is -0.140. The normalized spacial score (nSPS) is 11.8. The number of esters is 1. The summed E-state index contributed by atoms with van der Waals surface area (Å²) in [5.41, 5.74) is 1.84. The highest BCUT2D eigenvalue weighted by molar-refractivity contribution is 6.30. The maximum atomic E-state index is 11.2. The fraction of sp³-hybridized carbons (Fsp3) is 0.357. The molecule has 1 atom stereocenters. The average Bonchev–Trinajstić information content (AvgIpc) is 2.39. The number of aliphatic imine (C=N–C) groups is 1. The van der Waals surface area contributed by atoms with Gasteiger partial charge in [-0.25, -0.2) is 0 Å². The quantitative estimate of drug-likeness (QED) is 0.495. The number of halogens is 1. The van der Waals surface area contributed by atoms with Crippen LogP contribution in [0, 0.1) is 0 Å². The number of ketones is 1. The smallest absolute Gasteiger partial charge is 0.324 e. The van der Waals surface area contributed by atoms with Gasteiger partial charge in [-0.05, 0) is 24.5 Å². The molecule has 0 aliphatic carbocycles. The molecule has 0 aliphatic heterocycles. The van der Waals surface area contributed by atoms with Gasteiger partial charge in [0.1, 0.15) is 5.38 Å². The molecule has 0 saturated heterocycles. The highest BCUT2D eigenvalue weighted by Gasteiger charge is 2.15. The molecule has 0 aromatic heterocycles. The van der Waals surface area contributed by atoms with Crippen molar-refractivity contribution in [3.63, 3.8) is 0 Å². The van der Waals surface area contributed by atoms with Gasteiger partial charge in [0, 0.05) is 6.21 Å². The maximum absolute atomic E-state index is 11.2. The summed E-state index contributed by atoms with van der Waals surface area (Å²) in [5.74, 6) is -0.412. The molecule has 0 aliphatic rings. The van der Waals surface area contributed by atoms with Gasteiger partial charge in [0.2, 0.25) is 0 Å². The van der Waals surface area contributed by atoms with Crippen LogP contribution in [0.2, 0.25) is 0 Å². The number of alkyl halides is 1. The molecule has 0 saturated carbocycles. The number of ether oxygens (including phenoxy) is 1. The van der Waals surface area contributed by atoms with E-state index in [-0.39, 0.29) is 18.5 Å². The Labute approximate surface area is 123 Å². The Hall–Kier alpha value is -1.72. The van der Waals surface area contributed by atoms with Crippen molar-refractivity contribution in [1.82, 2.24) is 6.15 Å². The van der Waals surface area contributed by atoms with Crippen LogP contribution < -0.4 is 6.15 Å². The first-order valence-electron chi connectivity index (χ1n) is 5.83. The van der Waals surface area contributed by atoms with Crippen molar-refractivity contribution < 1.29 is 14.3 Å². The van der Waals surface area contributed by atoms with Crippen molar-refractivity contribution in [2.45, 2.75) is 18.7 Å². The Morgan fingerprint density at radius 3 is 2.45 bits per heavy atom. The van der Waals surface area contributed by atoms with Gasteiger partial charge < -0.3 is 10.9 Å². The fourth-order valence-corrected chi connectivity index (χ4v) is 1.70. The lowest BCUT2D eigenvalue weighted by atomic mass is 10.1. The molecule has 5 nitrogen and oxygen atoms in total. The van der Waals surface area contributed by atoms with Crippen molar-refractivity contribution in [1.29, 1.82) is 0 Å². The first kappa shape index (κ1) is 18.3. The van der Waals surface area contributed by atoms with E-state index in [9.17, 15) is 9.59 Å². The van der Waals surface area contributed by atoms with E-state index in [0.29, 0.717) is 6.42 Å². The molecule has 0 bridgehead atoms. The van der Waals surface area contributed by atoms with Gasteiger partial charge in [-0.2, -0.15) is 0 Å². The van der Waals surface area contributed by atoms with Crippen molar-refractivity contribution in [2.24, 2.45) is 4.99 Å². The minimum absolute atomic E-state index is 0. The zero-order valence-electron chi connectivity index (χ0n) is 11.6. The molecule has 3 N–H and O–H groups in total. The van der Waals surface area contributed by atoms with Gasteiger partial charge in [0.15, 0.2) is 5.78 Å². The molecular formula is C14H19ClN2O3. The summed E-state index contributed by atoms with van der Waals surface area (Å²) in [5, 5.41) is -0.678.